The third-order valence-electron chi connectivity index (χ3n) is 2.98. The second-order valence-corrected chi connectivity index (χ2v) is 5.24. The van der Waals surface area contributed by atoms with Gasteiger partial charge in [-0.25, -0.2) is 4.98 Å². The molecule has 0 aliphatic heterocycles. The fraction of sp³-hybridized carbons (Fsp3) is 0.0667. The van der Waals surface area contributed by atoms with Gasteiger partial charge in [0.1, 0.15) is 5.01 Å². The summed E-state index contributed by atoms with van der Waals surface area (Å²) in [4.78, 5) is 8.73. The Morgan fingerprint density at radius 3 is 2.68 bits per heavy atom. The molecular weight excluding hydrogens is 254 g/mol. The maximum atomic E-state index is 5.68. The minimum absolute atomic E-state index is 0.678. The zero-order valence-corrected chi connectivity index (χ0v) is 11.3. The summed E-state index contributed by atoms with van der Waals surface area (Å²) >= 11 is 1.64. The quantitative estimate of drug-likeness (QED) is 0.769. The molecule has 0 amide bonds. The van der Waals surface area contributed by atoms with Crippen molar-refractivity contribution in [2.75, 3.05) is 5.73 Å². The molecule has 0 spiro atoms. The first-order valence-corrected chi connectivity index (χ1v) is 6.84. The standard InChI is InChI=1S/C15H13N3S/c1-10-2-3-11(15-17-6-7-19-15)8-13(10)14-5-4-12(16)9-18-14/h2-9H,16H2,1H3. The topological polar surface area (TPSA) is 51.8 Å². The number of pyridine rings is 1. The molecule has 0 aliphatic rings. The van der Waals surface area contributed by atoms with Crippen molar-refractivity contribution in [3.8, 4) is 21.8 Å². The average molecular weight is 267 g/mol. The van der Waals surface area contributed by atoms with Crippen LogP contribution in [0.3, 0.4) is 0 Å². The monoisotopic (exact) mass is 267 g/mol. The summed E-state index contributed by atoms with van der Waals surface area (Å²) in [6, 6.07) is 10.1. The van der Waals surface area contributed by atoms with Crippen molar-refractivity contribution in [2.45, 2.75) is 6.92 Å². The Morgan fingerprint density at radius 2 is 2.00 bits per heavy atom. The molecule has 0 unspecified atom stereocenters. The highest BCUT2D eigenvalue weighted by atomic mass is 32.1. The van der Waals surface area contributed by atoms with Crippen molar-refractivity contribution in [3.63, 3.8) is 0 Å². The molecule has 2 aromatic heterocycles. The highest BCUT2D eigenvalue weighted by molar-refractivity contribution is 7.13. The first-order chi connectivity index (χ1) is 9.24. The Labute approximate surface area is 115 Å². The lowest BCUT2D eigenvalue weighted by molar-refractivity contribution is 1.31. The molecular formula is C15H13N3S. The van der Waals surface area contributed by atoms with Crippen LogP contribution >= 0.6 is 11.3 Å². The Bertz CT molecular complexity index is 688. The lowest BCUT2D eigenvalue weighted by Gasteiger charge is -2.07. The summed E-state index contributed by atoms with van der Waals surface area (Å²) in [5, 5.41) is 3.01. The summed E-state index contributed by atoms with van der Waals surface area (Å²) in [5.41, 5.74) is 10.7. The summed E-state index contributed by atoms with van der Waals surface area (Å²) in [6.07, 6.45) is 3.51. The zero-order chi connectivity index (χ0) is 13.2. The first kappa shape index (κ1) is 11.9. The Balaban J connectivity index is 2.10. The fourth-order valence-electron chi connectivity index (χ4n) is 1.96. The lowest BCUT2D eigenvalue weighted by atomic mass is 10.0. The summed E-state index contributed by atoms with van der Waals surface area (Å²) in [7, 11) is 0. The number of nitrogen functional groups attached to an aromatic ring is 1. The fourth-order valence-corrected chi connectivity index (χ4v) is 2.60. The van der Waals surface area contributed by atoms with Gasteiger partial charge in [0, 0.05) is 22.7 Å². The van der Waals surface area contributed by atoms with Crippen LogP contribution in [0, 0.1) is 6.92 Å². The molecule has 0 radical (unpaired) electrons. The molecule has 3 aromatic rings. The molecule has 4 heteroatoms. The molecule has 0 fully saturated rings. The van der Waals surface area contributed by atoms with Crippen LogP contribution in [-0.4, -0.2) is 9.97 Å². The number of hydrogen-bond donors (Lipinski definition) is 1. The maximum absolute atomic E-state index is 5.68. The summed E-state index contributed by atoms with van der Waals surface area (Å²) in [6.45, 7) is 2.08. The normalized spacial score (nSPS) is 10.6. The van der Waals surface area contributed by atoms with Gasteiger partial charge in [0.15, 0.2) is 0 Å². The van der Waals surface area contributed by atoms with Crippen LogP contribution in [0.2, 0.25) is 0 Å². The van der Waals surface area contributed by atoms with Gasteiger partial charge in [-0.3, -0.25) is 4.98 Å². The van der Waals surface area contributed by atoms with E-state index in [1.54, 1.807) is 17.5 Å². The smallest absolute Gasteiger partial charge is 0.123 e. The van der Waals surface area contributed by atoms with Crippen LogP contribution in [0.15, 0.2) is 48.1 Å². The van der Waals surface area contributed by atoms with Gasteiger partial charge in [0.25, 0.3) is 0 Å². The molecule has 19 heavy (non-hydrogen) atoms. The Morgan fingerprint density at radius 1 is 1.11 bits per heavy atom. The number of benzene rings is 1. The molecule has 0 saturated carbocycles. The highest BCUT2D eigenvalue weighted by Crippen LogP contribution is 2.29. The van der Waals surface area contributed by atoms with E-state index in [1.165, 1.54) is 5.56 Å². The van der Waals surface area contributed by atoms with E-state index in [0.29, 0.717) is 5.69 Å². The van der Waals surface area contributed by atoms with Crippen LogP contribution in [0.5, 0.6) is 0 Å². The molecule has 0 bridgehead atoms. The number of hydrogen-bond acceptors (Lipinski definition) is 4. The third kappa shape index (κ3) is 2.35. The van der Waals surface area contributed by atoms with Gasteiger partial charge in [0.2, 0.25) is 0 Å². The zero-order valence-electron chi connectivity index (χ0n) is 10.5. The van der Waals surface area contributed by atoms with Gasteiger partial charge in [-0.15, -0.1) is 11.3 Å². The molecule has 0 atom stereocenters. The Hall–Kier alpha value is -2.20. The van der Waals surface area contributed by atoms with Crippen molar-refractivity contribution < 1.29 is 0 Å². The number of nitrogens with two attached hydrogens (primary N) is 1. The largest absolute Gasteiger partial charge is 0.397 e. The van der Waals surface area contributed by atoms with Crippen molar-refractivity contribution in [2.24, 2.45) is 0 Å². The molecule has 2 N–H and O–H groups in total. The molecule has 94 valence electrons. The van der Waals surface area contributed by atoms with E-state index in [4.69, 9.17) is 5.73 Å². The van der Waals surface area contributed by atoms with Gasteiger partial charge in [-0.1, -0.05) is 12.1 Å². The van der Waals surface area contributed by atoms with Gasteiger partial charge in [0.05, 0.1) is 17.6 Å². The predicted molar refractivity (Wildman–Crippen MR) is 79.9 cm³/mol. The van der Waals surface area contributed by atoms with E-state index in [1.807, 2.05) is 23.7 Å². The summed E-state index contributed by atoms with van der Waals surface area (Å²) in [5.74, 6) is 0. The van der Waals surface area contributed by atoms with Gasteiger partial charge < -0.3 is 5.73 Å². The minimum atomic E-state index is 0.678. The van der Waals surface area contributed by atoms with E-state index in [2.05, 4.69) is 35.1 Å². The molecule has 3 rings (SSSR count). The van der Waals surface area contributed by atoms with Crippen LogP contribution < -0.4 is 5.73 Å². The van der Waals surface area contributed by atoms with E-state index in [-0.39, 0.29) is 0 Å². The third-order valence-corrected chi connectivity index (χ3v) is 3.80. The highest BCUT2D eigenvalue weighted by Gasteiger charge is 2.07. The first-order valence-electron chi connectivity index (χ1n) is 5.96. The molecule has 0 aliphatic carbocycles. The van der Waals surface area contributed by atoms with Crippen molar-refractivity contribution in [1.82, 2.24) is 9.97 Å². The molecule has 0 saturated heterocycles. The van der Waals surface area contributed by atoms with Gasteiger partial charge in [-0.2, -0.15) is 0 Å². The van der Waals surface area contributed by atoms with Crippen molar-refractivity contribution in [3.05, 3.63) is 53.7 Å². The number of aromatic nitrogens is 2. The minimum Gasteiger partial charge on any atom is -0.397 e. The lowest BCUT2D eigenvalue weighted by Crippen LogP contribution is -1.91. The molecule has 3 nitrogen and oxygen atoms in total. The SMILES string of the molecule is Cc1ccc(-c2nccs2)cc1-c1ccc(N)cn1. The summed E-state index contributed by atoms with van der Waals surface area (Å²) < 4.78 is 0. The number of thiazole rings is 1. The second kappa shape index (κ2) is 4.82. The van der Waals surface area contributed by atoms with Crippen LogP contribution in [0.25, 0.3) is 21.8 Å². The van der Waals surface area contributed by atoms with Gasteiger partial charge >= 0.3 is 0 Å². The van der Waals surface area contributed by atoms with Gasteiger partial charge in [-0.05, 0) is 30.7 Å². The predicted octanol–water partition coefficient (Wildman–Crippen LogP) is 3.76. The van der Waals surface area contributed by atoms with Crippen LogP contribution in [0.4, 0.5) is 5.69 Å². The number of aryl methyl sites for hydroxylation is 1. The van der Waals surface area contributed by atoms with E-state index < -0.39 is 0 Å². The maximum Gasteiger partial charge on any atom is 0.123 e. The number of rotatable bonds is 2. The van der Waals surface area contributed by atoms with Crippen LogP contribution in [0.1, 0.15) is 5.56 Å². The van der Waals surface area contributed by atoms with Crippen molar-refractivity contribution >= 4 is 17.0 Å². The van der Waals surface area contributed by atoms with E-state index in [9.17, 15) is 0 Å². The van der Waals surface area contributed by atoms with Crippen molar-refractivity contribution in [1.29, 1.82) is 0 Å². The van der Waals surface area contributed by atoms with Crippen LogP contribution in [-0.2, 0) is 0 Å². The Kier molecular flexibility index (Phi) is 3.01. The number of anilines is 1. The molecule has 2 heterocycles. The number of nitrogens with zero attached hydrogens (tertiary/aromatic N) is 2. The second-order valence-electron chi connectivity index (χ2n) is 4.34. The molecule has 1 aromatic carbocycles. The average Bonchev–Trinajstić information content (AvgIpc) is 2.94. The van der Waals surface area contributed by atoms with E-state index in [0.717, 1.165) is 21.8 Å². The van der Waals surface area contributed by atoms with E-state index >= 15 is 0 Å².